The number of nitrogens with one attached hydrogen (secondary N) is 2. The van der Waals surface area contributed by atoms with E-state index >= 15 is 0 Å². The fourth-order valence-electron chi connectivity index (χ4n) is 2.66. The molecule has 2 heterocycles. The van der Waals surface area contributed by atoms with E-state index in [2.05, 4.69) is 37.3 Å². The molecule has 0 bridgehead atoms. The second-order valence-corrected chi connectivity index (χ2v) is 7.12. The van der Waals surface area contributed by atoms with E-state index in [-0.39, 0.29) is 24.0 Å². The van der Waals surface area contributed by atoms with E-state index in [0.717, 1.165) is 36.9 Å². The molecule has 1 unspecified atom stereocenters. The molecule has 1 aromatic carbocycles. The summed E-state index contributed by atoms with van der Waals surface area (Å²) in [7, 11) is 0. The van der Waals surface area contributed by atoms with Crippen LogP contribution in [0, 0.1) is 0 Å². The number of guanidine groups is 1. The van der Waals surface area contributed by atoms with Gasteiger partial charge in [-0.15, -0.1) is 35.3 Å². The Hall–Kier alpha value is -1.65. The lowest BCUT2D eigenvalue weighted by molar-refractivity contribution is 0.191. The van der Waals surface area contributed by atoms with Crippen LogP contribution in [0.5, 0.6) is 0 Å². The zero-order valence-electron chi connectivity index (χ0n) is 15.3. The maximum absolute atomic E-state index is 10.5. The molecular weight excluding hydrogens is 473 g/mol. The number of imidazole rings is 1. The Bertz CT molecular complexity index is 801. The maximum Gasteiger partial charge on any atom is 0.191 e. The third-order valence-corrected chi connectivity index (χ3v) is 5.20. The van der Waals surface area contributed by atoms with Crippen molar-refractivity contribution in [2.75, 3.05) is 19.6 Å². The van der Waals surface area contributed by atoms with Gasteiger partial charge in [-0.2, -0.15) is 0 Å². The van der Waals surface area contributed by atoms with Gasteiger partial charge in [-0.05, 0) is 30.9 Å². The van der Waals surface area contributed by atoms with Crippen molar-refractivity contribution in [3.05, 3.63) is 53.9 Å². The average Bonchev–Trinajstić information content (AvgIpc) is 3.32. The summed E-state index contributed by atoms with van der Waals surface area (Å²) in [5.74, 6) is 0.735. The van der Waals surface area contributed by atoms with E-state index in [1.807, 2.05) is 37.6 Å². The third-order valence-electron chi connectivity index (χ3n) is 3.98. The summed E-state index contributed by atoms with van der Waals surface area (Å²) in [6.45, 7) is 4.88. The van der Waals surface area contributed by atoms with Gasteiger partial charge in [0.25, 0.3) is 0 Å². The van der Waals surface area contributed by atoms with E-state index in [1.54, 1.807) is 17.5 Å². The summed E-state index contributed by atoms with van der Waals surface area (Å²) in [6, 6.07) is 10.2. The number of aliphatic imine (C=N–C) groups is 1. The van der Waals surface area contributed by atoms with E-state index < -0.39 is 6.10 Å². The van der Waals surface area contributed by atoms with Gasteiger partial charge in [0, 0.05) is 41.6 Å². The lowest BCUT2D eigenvalue weighted by atomic mass is 10.2. The van der Waals surface area contributed by atoms with Crippen molar-refractivity contribution in [2.45, 2.75) is 26.0 Å². The molecule has 146 valence electrons. The third kappa shape index (κ3) is 6.47. The lowest BCUT2D eigenvalue weighted by Gasteiger charge is -2.12. The highest BCUT2D eigenvalue weighted by Gasteiger charge is 2.11. The van der Waals surface area contributed by atoms with Crippen molar-refractivity contribution in [1.29, 1.82) is 0 Å². The molecule has 0 radical (unpaired) electrons. The van der Waals surface area contributed by atoms with Crippen molar-refractivity contribution in [2.24, 2.45) is 4.99 Å². The van der Waals surface area contributed by atoms with Gasteiger partial charge in [-0.3, -0.25) is 4.99 Å². The number of aliphatic hydroxyl groups excluding tert-OH is 1. The Labute approximate surface area is 180 Å². The predicted octanol–water partition coefficient (Wildman–Crippen LogP) is 3.39. The normalized spacial score (nSPS) is 12.6. The number of aryl methyl sites for hydroxylation is 1. The van der Waals surface area contributed by atoms with Crippen LogP contribution >= 0.6 is 35.3 Å². The molecule has 27 heavy (non-hydrogen) atoms. The number of halogens is 1. The van der Waals surface area contributed by atoms with Gasteiger partial charge in [0.1, 0.15) is 6.10 Å². The average molecular weight is 499 g/mol. The van der Waals surface area contributed by atoms with Gasteiger partial charge in [0.15, 0.2) is 5.96 Å². The van der Waals surface area contributed by atoms with Gasteiger partial charge < -0.3 is 20.3 Å². The molecule has 3 aromatic rings. The summed E-state index contributed by atoms with van der Waals surface area (Å²) in [5, 5.41) is 18.2. The quantitative estimate of drug-likeness (QED) is 0.192. The highest BCUT2D eigenvalue weighted by Crippen LogP contribution is 2.29. The summed E-state index contributed by atoms with van der Waals surface area (Å²) in [4.78, 5) is 9.51. The van der Waals surface area contributed by atoms with E-state index in [4.69, 9.17) is 0 Å². The van der Waals surface area contributed by atoms with Crippen LogP contribution in [0.25, 0.3) is 10.1 Å². The molecule has 0 saturated heterocycles. The van der Waals surface area contributed by atoms with Gasteiger partial charge in [0.2, 0.25) is 0 Å². The molecule has 0 aliphatic heterocycles. The SMILES string of the molecule is CCNC(=NCC(O)c1cc2ccccc2s1)NCCCn1ccnc1.I. The number of thiophene rings is 1. The van der Waals surface area contributed by atoms with Crippen molar-refractivity contribution in [3.63, 3.8) is 0 Å². The number of aromatic nitrogens is 2. The van der Waals surface area contributed by atoms with Gasteiger partial charge in [-0.25, -0.2) is 4.98 Å². The Morgan fingerprint density at radius 1 is 1.33 bits per heavy atom. The number of hydrogen-bond acceptors (Lipinski definition) is 4. The molecule has 8 heteroatoms. The molecule has 6 nitrogen and oxygen atoms in total. The number of nitrogens with zero attached hydrogens (tertiary/aromatic N) is 3. The maximum atomic E-state index is 10.5. The highest BCUT2D eigenvalue weighted by molar-refractivity contribution is 14.0. The van der Waals surface area contributed by atoms with Crippen LogP contribution < -0.4 is 10.6 Å². The molecule has 0 fully saturated rings. The van der Waals surface area contributed by atoms with Crippen LogP contribution in [-0.2, 0) is 6.54 Å². The van der Waals surface area contributed by atoms with Crippen molar-refractivity contribution in [3.8, 4) is 0 Å². The summed E-state index contributed by atoms with van der Waals surface area (Å²) < 4.78 is 3.24. The minimum atomic E-state index is -0.589. The number of benzene rings is 1. The van der Waals surface area contributed by atoms with E-state index in [1.165, 1.54) is 10.1 Å². The molecule has 3 N–H and O–H groups in total. The number of fused-ring (bicyclic) bond motifs is 1. The largest absolute Gasteiger partial charge is 0.386 e. The molecule has 2 aromatic heterocycles. The lowest BCUT2D eigenvalue weighted by Crippen LogP contribution is -2.38. The summed E-state index contributed by atoms with van der Waals surface area (Å²) >= 11 is 1.62. The second-order valence-electron chi connectivity index (χ2n) is 6.00. The van der Waals surface area contributed by atoms with Crippen LogP contribution in [-0.4, -0.2) is 40.3 Å². The number of hydrogen-bond donors (Lipinski definition) is 3. The van der Waals surface area contributed by atoms with Gasteiger partial charge in [0.05, 0.1) is 12.9 Å². The predicted molar refractivity (Wildman–Crippen MR) is 123 cm³/mol. The fourth-order valence-corrected chi connectivity index (χ4v) is 3.71. The number of aliphatic hydroxyl groups is 1. The first-order valence-corrected chi connectivity index (χ1v) is 9.72. The number of rotatable bonds is 8. The van der Waals surface area contributed by atoms with Crippen molar-refractivity contribution < 1.29 is 5.11 Å². The van der Waals surface area contributed by atoms with Crippen LogP contribution in [0.15, 0.2) is 54.0 Å². The molecule has 3 rings (SSSR count). The standard InChI is InChI=1S/C19H25N5OS.HI/c1-2-21-19(22-8-5-10-24-11-9-20-14-24)23-13-16(25)18-12-15-6-3-4-7-17(15)26-18;/h3-4,6-7,9,11-12,14,16,25H,2,5,8,10,13H2,1H3,(H2,21,22,23);1H. The van der Waals surface area contributed by atoms with Crippen LogP contribution in [0.1, 0.15) is 24.3 Å². The van der Waals surface area contributed by atoms with Crippen molar-refractivity contribution in [1.82, 2.24) is 20.2 Å². The van der Waals surface area contributed by atoms with Crippen LogP contribution in [0.2, 0.25) is 0 Å². The molecule has 0 aliphatic rings. The zero-order chi connectivity index (χ0) is 18.2. The monoisotopic (exact) mass is 499 g/mol. The van der Waals surface area contributed by atoms with Crippen LogP contribution in [0.4, 0.5) is 0 Å². The zero-order valence-corrected chi connectivity index (χ0v) is 18.5. The van der Waals surface area contributed by atoms with E-state index in [0.29, 0.717) is 6.54 Å². The molecular formula is C19H26IN5OS. The van der Waals surface area contributed by atoms with Gasteiger partial charge >= 0.3 is 0 Å². The molecule has 0 amide bonds. The molecule has 0 spiro atoms. The Morgan fingerprint density at radius 2 is 2.19 bits per heavy atom. The first kappa shape index (κ1) is 21.6. The van der Waals surface area contributed by atoms with Crippen LogP contribution in [0.3, 0.4) is 0 Å². The minimum Gasteiger partial charge on any atom is -0.386 e. The van der Waals surface area contributed by atoms with Crippen molar-refractivity contribution >= 4 is 51.4 Å². The molecule has 1 atom stereocenters. The Morgan fingerprint density at radius 3 is 2.93 bits per heavy atom. The topological polar surface area (TPSA) is 74.5 Å². The molecule has 0 aliphatic carbocycles. The smallest absolute Gasteiger partial charge is 0.191 e. The first-order chi connectivity index (χ1) is 12.8. The summed E-state index contributed by atoms with van der Waals surface area (Å²) in [6.07, 6.45) is 5.95. The fraction of sp³-hybridized carbons (Fsp3) is 0.368. The Balaban J connectivity index is 0.00000261. The van der Waals surface area contributed by atoms with E-state index in [9.17, 15) is 5.11 Å². The van der Waals surface area contributed by atoms with Gasteiger partial charge in [-0.1, -0.05) is 18.2 Å². The highest BCUT2D eigenvalue weighted by atomic mass is 127. The summed E-state index contributed by atoms with van der Waals surface area (Å²) in [5.41, 5.74) is 0. The second kappa shape index (κ2) is 11.3. The first-order valence-electron chi connectivity index (χ1n) is 8.90. The Kier molecular flexibility index (Phi) is 9.02. The molecule has 0 saturated carbocycles. The minimum absolute atomic E-state index is 0.